The number of ether oxygens (including phenoxy) is 1. The lowest BCUT2D eigenvalue weighted by atomic mass is 10.0. The van der Waals surface area contributed by atoms with Crippen LogP contribution in [0.1, 0.15) is 54.4 Å². The first-order chi connectivity index (χ1) is 23.4. The summed E-state index contributed by atoms with van der Waals surface area (Å²) in [5.41, 5.74) is -1.33. The summed E-state index contributed by atoms with van der Waals surface area (Å²) in [6.07, 6.45) is -6.32. The van der Waals surface area contributed by atoms with Crippen LogP contribution in [0.5, 0.6) is 0 Å². The van der Waals surface area contributed by atoms with E-state index in [0.29, 0.717) is 24.3 Å². The molecule has 3 atom stereocenters. The maximum absolute atomic E-state index is 13.8. The number of nitrogens with zero attached hydrogens (tertiary/aromatic N) is 2. The molecule has 2 heterocycles. The van der Waals surface area contributed by atoms with Gasteiger partial charge >= 0.3 is 18.1 Å². The molecule has 2 fully saturated rings. The number of carbonyl (C=O) groups excluding carboxylic acids is 5. The Kier molecular flexibility index (Phi) is 12.1. The van der Waals surface area contributed by atoms with Crippen molar-refractivity contribution in [2.75, 3.05) is 13.2 Å². The number of Topliss-reactive ketones (excluding diaryl/α,β-unsaturated/α-hetero) is 1. The summed E-state index contributed by atoms with van der Waals surface area (Å²) in [5, 5.41) is 13.2. The zero-order valence-corrected chi connectivity index (χ0v) is 28.1. The minimum Gasteiger partial charge on any atom is -0.481 e. The van der Waals surface area contributed by atoms with Crippen molar-refractivity contribution in [1.82, 2.24) is 20.1 Å². The third-order valence-electron chi connectivity index (χ3n) is 7.82. The Hall–Kier alpha value is -4.26. The maximum atomic E-state index is 13.8. The van der Waals surface area contributed by atoms with Crippen LogP contribution in [0, 0.1) is 0 Å². The van der Waals surface area contributed by atoms with Crippen LogP contribution < -0.4 is 10.0 Å². The van der Waals surface area contributed by atoms with Gasteiger partial charge < -0.3 is 15.2 Å². The number of carboxylic acids is 1. The zero-order valence-electron chi connectivity index (χ0n) is 25.7. The summed E-state index contributed by atoms with van der Waals surface area (Å²) in [6, 6.07) is 2.05. The normalized spacial score (nSPS) is 18.9. The highest BCUT2D eigenvalue weighted by atomic mass is 35.5. The molecule has 2 saturated heterocycles. The molecule has 0 aliphatic carbocycles. The van der Waals surface area contributed by atoms with Crippen LogP contribution in [0.4, 0.5) is 13.2 Å². The molecule has 270 valence electrons. The number of esters is 1. The number of nitrogens with one attached hydrogen (secondary N) is 2. The molecule has 4 rings (SSSR count). The van der Waals surface area contributed by atoms with E-state index in [4.69, 9.17) is 27.9 Å². The van der Waals surface area contributed by atoms with E-state index in [-0.39, 0.29) is 47.8 Å². The number of rotatable bonds is 12. The predicted molar refractivity (Wildman–Crippen MR) is 167 cm³/mol. The van der Waals surface area contributed by atoms with Gasteiger partial charge in [0.25, 0.3) is 5.91 Å². The molecule has 20 heteroatoms. The van der Waals surface area contributed by atoms with Gasteiger partial charge in [-0.2, -0.15) is 17.9 Å². The molecule has 2 aliphatic rings. The van der Waals surface area contributed by atoms with Gasteiger partial charge in [0.1, 0.15) is 12.1 Å². The number of sulfonamides is 1. The second kappa shape index (κ2) is 15.7. The van der Waals surface area contributed by atoms with E-state index in [1.807, 2.05) is 0 Å². The van der Waals surface area contributed by atoms with Crippen molar-refractivity contribution in [1.29, 1.82) is 0 Å². The molecule has 3 N–H and O–H groups in total. The van der Waals surface area contributed by atoms with E-state index < -0.39 is 99.7 Å². The van der Waals surface area contributed by atoms with Crippen LogP contribution in [-0.4, -0.2) is 90.3 Å². The lowest BCUT2D eigenvalue weighted by Crippen LogP contribution is -2.64. The predicted octanol–water partition coefficient (Wildman–Crippen LogP) is 2.96. The number of carbonyl (C=O) groups is 6. The minimum absolute atomic E-state index is 0.0192. The topological polar surface area (TPSA) is 197 Å². The Bertz CT molecular complexity index is 1770. The highest BCUT2D eigenvalue weighted by Gasteiger charge is 2.46. The van der Waals surface area contributed by atoms with Crippen LogP contribution in [0.3, 0.4) is 0 Å². The van der Waals surface area contributed by atoms with Crippen molar-refractivity contribution in [3.8, 4) is 0 Å². The van der Waals surface area contributed by atoms with Crippen LogP contribution in [0.2, 0.25) is 10.0 Å². The van der Waals surface area contributed by atoms with Crippen LogP contribution >= 0.6 is 23.2 Å². The number of hydrogen-bond donors (Lipinski definition) is 3. The molecule has 0 saturated carbocycles. The summed E-state index contributed by atoms with van der Waals surface area (Å²) in [5.74, 6) is -5.97. The van der Waals surface area contributed by atoms with Crippen LogP contribution in [-0.2, 0) is 44.9 Å². The van der Waals surface area contributed by atoms with Gasteiger partial charge in [-0.05, 0) is 62.1 Å². The van der Waals surface area contributed by atoms with Gasteiger partial charge in [0.15, 0.2) is 12.4 Å². The summed E-state index contributed by atoms with van der Waals surface area (Å²) >= 11 is 12.0. The fourth-order valence-electron chi connectivity index (χ4n) is 5.31. The Balaban J connectivity index is 1.52. The summed E-state index contributed by atoms with van der Waals surface area (Å²) in [7, 11) is -4.60. The van der Waals surface area contributed by atoms with Gasteiger partial charge in [0, 0.05) is 19.4 Å². The number of amides is 3. The van der Waals surface area contributed by atoms with Crippen molar-refractivity contribution in [2.24, 2.45) is 0 Å². The molecule has 2 aromatic carbocycles. The average molecular weight is 766 g/mol. The largest absolute Gasteiger partial charge is 0.481 e. The van der Waals surface area contributed by atoms with Gasteiger partial charge in [0.2, 0.25) is 21.8 Å². The number of aliphatic carboxylic acids is 1. The lowest BCUT2D eigenvalue weighted by Gasteiger charge is -2.43. The first-order valence-electron chi connectivity index (χ1n) is 14.9. The maximum Gasteiger partial charge on any atom is 0.416 e. The smallest absolute Gasteiger partial charge is 0.416 e. The van der Waals surface area contributed by atoms with E-state index in [2.05, 4.69) is 10.0 Å². The van der Waals surface area contributed by atoms with Crippen molar-refractivity contribution in [2.45, 2.75) is 67.7 Å². The van der Waals surface area contributed by atoms with Crippen LogP contribution in [0.15, 0.2) is 47.4 Å². The minimum atomic E-state index is -4.73. The Morgan fingerprint density at radius 1 is 1.02 bits per heavy atom. The van der Waals surface area contributed by atoms with E-state index >= 15 is 0 Å². The Labute approximate surface area is 292 Å². The highest BCUT2D eigenvalue weighted by molar-refractivity contribution is 7.89. The molecule has 0 radical (unpaired) electrons. The number of carboxylic acid groups (broad SMARTS) is 1. The molecular weight excluding hydrogens is 736 g/mol. The molecule has 0 bridgehead atoms. The molecule has 0 aromatic heterocycles. The third kappa shape index (κ3) is 9.09. The van der Waals surface area contributed by atoms with Crippen molar-refractivity contribution in [3.05, 3.63) is 63.6 Å². The van der Waals surface area contributed by atoms with Gasteiger partial charge in [-0.3, -0.25) is 29.0 Å². The molecule has 0 spiro atoms. The first kappa shape index (κ1) is 38.5. The van der Waals surface area contributed by atoms with E-state index in [9.17, 15) is 55.5 Å². The molecule has 0 unspecified atom stereocenters. The molecule has 50 heavy (non-hydrogen) atoms. The number of hydrazine groups is 1. The Morgan fingerprint density at radius 3 is 2.26 bits per heavy atom. The van der Waals surface area contributed by atoms with Crippen LogP contribution in [0.25, 0.3) is 0 Å². The number of benzene rings is 2. The fraction of sp³-hybridized carbons (Fsp3) is 0.400. The first-order valence-corrected chi connectivity index (χ1v) is 17.1. The van der Waals surface area contributed by atoms with Gasteiger partial charge in [-0.1, -0.05) is 29.3 Å². The van der Waals surface area contributed by atoms with Gasteiger partial charge in [-0.25, -0.2) is 18.2 Å². The SMILES string of the molecule is O=C(O)CC[C@H](NC(=O)[C@@H]1CCCN2C(=O)CC[C@H](NS(=O)(=O)c3ccc(C(F)(F)F)cc3)C(=O)N12)C(=O)COC(=O)c1c(Cl)cccc1Cl. The van der Waals surface area contributed by atoms with E-state index in [1.54, 1.807) is 0 Å². The van der Waals surface area contributed by atoms with Gasteiger partial charge in [0.05, 0.1) is 32.1 Å². The molecule has 2 aliphatic heterocycles. The molecule has 2 aromatic rings. The summed E-state index contributed by atoms with van der Waals surface area (Å²) < 4.78 is 72.3. The zero-order chi connectivity index (χ0) is 37.0. The Morgan fingerprint density at radius 2 is 1.66 bits per heavy atom. The second-order valence-corrected chi connectivity index (χ2v) is 13.8. The van der Waals surface area contributed by atoms with E-state index in [1.165, 1.54) is 18.2 Å². The number of fused-ring (bicyclic) bond motifs is 1. The summed E-state index contributed by atoms with van der Waals surface area (Å²) in [4.78, 5) is 76.9. The fourth-order valence-corrected chi connectivity index (χ4v) is 7.09. The quantitative estimate of drug-likeness (QED) is 0.270. The molecular formula is C30H29Cl2F3N4O10S. The van der Waals surface area contributed by atoms with Crippen molar-refractivity contribution < 1.29 is 60.2 Å². The average Bonchev–Trinajstić information content (AvgIpc) is 3.16. The number of alkyl halides is 3. The standard InChI is InChI=1S/C30H29Cl2F3N4O10S/c31-18-3-1-4-19(32)26(18)29(46)49-15-23(40)20(11-13-25(42)43)36-27(44)22-5-2-14-38-24(41)12-10-21(28(45)39(22)38)37-50(47,48)17-8-6-16(7-9-17)30(33,34)35/h1,3-4,6-9,20-22,37H,2,5,10-15H2,(H,36,44)(H,42,43)/t20-,21-,22-/m0/s1. The van der Waals surface area contributed by atoms with Crippen molar-refractivity contribution >= 4 is 68.7 Å². The number of hydrogen-bond acceptors (Lipinski definition) is 9. The monoisotopic (exact) mass is 764 g/mol. The molecule has 14 nitrogen and oxygen atoms in total. The van der Waals surface area contributed by atoms with Crippen molar-refractivity contribution in [3.63, 3.8) is 0 Å². The second-order valence-electron chi connectivity index (χ2n) is 11.2. The van der Waals surface area contributed by atoms with E-state index in [0.717, 1.165) is 10.0 Å². The number of halogens is 5. The lowest BCUT2D eigenvalue weighted by molar-refractivity contribution is -0.176. The highest BCUT2D eigenvalue weighted by Crippen LogP contribution is 2.31. The molecule has 3 amide bonds. The summed E-state index contributed by atoms with van der Waals surface area (Å²) in [6.45, 7) is -0.953. The number of ketones is 1. The van der Waals surface area contributed by atoms with Gasteiger partial charge in [-0.15, -0.1) is 0 Å². The third-order valence-corrected chi connectivity index (χ3v) is 9.94.